The van der Waals surface area contributed by atoms with Gasteiger partial charge in [0.25, 0.3) is 0 Å². The lowest BCUT2D eigenvalue weighted by atomic mass is 9.49. The molecule has 0 saturated heterocycles. The molecule has 0 saturated carbocycles. The van der Waals surface area contributed by atoms with Gasteiger partial charge in [0.05, 0.1) is 56.7 Å². The number of hydrogen-bond acceptors (Lipinski definition) is 5. The Kier molecular flexibility index (Phi) is 7.35. The Bertz CT molecular complexity index is 3040. The normalized spacial score (nSPS) is 14.5. The molecule has 3 aliphatic rings. The van der Waals surface area contributed by atoms with E-state index < -0.39 is 10.8 Å². The number of nitriles is 1. The minimum atomic E-state index is -0.654. The van der Waals surface area contributed by atoms with Crippen LogP contribution >= 0.6 is 0 Å². The molecule has 2 spiro atoms. The number of nitrogens with zero attached hydrogens (tertiary/aromatic N) is 5. The van der Waals surface area contributed by atoms with E-state index in [9.17, 15) is 5.26 Å². The molecular weight excluding hydrogens is 731 g/mol. The molecule has 12 rings (SSSR count). The molecule has 0 amide bonds. The largest absolute Gasteiger partial charge is 0.310 e. The maximum Gasteiger partial charge on any atom is 0.101 e. The van der Waals surface area contributed by atoms with Crippen molar-refractivity contribution in [2.75, 3.05) is 9.80 Å². The maximum atomic E-state index is 9.33. The number of para-hydroxylation sites is 4. The molecular formula is C55H35N5. The predicted octanol–water partition coefficient (Wildman–Crippen LogP) is 12.7. The summed E-state index contributed by atoms with van der Waals surface area (Å²) in [6.45, 7) is 0. The van der Waals surface area contributed by atoms with Crippen LogP contribution in [-0.4, -0.2) is 9.97 Å². The van der Waals surface area contributed by atoms with Crippen LogP contribution in [0.25, 0.3) is 11.3 Å². The molecule has 0 atom stereocenters. The van der Waals surface area contributed by atoms with E-state index in [1.807, 2.05) is 30.6 Å². The Morgan fingerprint density at radius 1 is 0.383 bits per heavy atom. The average molecular weight is 766 g/mol. The smallest absolute Gasteiger partial charge is 0.101 e. The highest BCUT2D eigenvalue weighted by Gasteiger charge is 2.58. The lowest BCUT2D eigenvalue weighted by Crippen LogP contribution is -2.49. The topological polar surface area (TPSA) is 56.1 Å². The summed E-state index contributed by atoms with van der Waals surface area (Å²) in [6, 6.07) is 72.9. The van der Waals surface area contributed by atoms with Gasteiger partial charge in [0, 0.05) is 23.6 Å². The molecule has 0 unspecified atom stereocenters. The van der Waals surface area contributed by atoms with Crippen LogP contribution in [0, 0.1) is 11.3 Å². The third kappa shape index (κ3) is 4.45. The van der Waals surface area contributed by atoms with E-state index in [2.05, 4.69) is 202 Å². The second-order valence-electron chi connectivity index (χ2n) is 15.6. The molecule has 9 aromatic rings. The van der Waals surface area contributed by atoms with Crippen molar-refractivity contribution in [2.45, 2.75) is 10.8 Å². The fraction of sp³-hybridized carbons (Fsp3) is 0.0364. The highest BCUT2D eigenvalue weighted by atomic mass is 15.2. The van der Waals surface area contributed by atoms with Crippen molar-refractivity contribution in [3.63, 3.8) is 0 Å². The van der Waals surface area contributed by atoms with E-state index in [1.165, 1.54) is 44.5 Å². The Balaban J connectivity index is 1.14. The fourth-order valence-corrected chi connectivity index (χ4v) is 10.7. The summed E-state index contributed by atoms with van der Waals surface area (Å²) in [6.07, 6.45) is 5.43. The summed E-state index contributed by atoms with van der Waals surface area (Å²) in [5.41, 5.74) is 17.7. The summed E-state index contributed by atoms with van der Waals surface area (Å²) in [4.78, 5) is 13.9. The van der Waals surface area contributed by atoms with E-state index in [1.54, 1.807) is 6.20 Å². The zero-order chi connectivity index (χ0) is 39.8. The number of rotatable bonds is 3. The van der Waals surface area contributed by atoms with Crippen LogP contribution in [-0.2, 0) is 10.8 Å². The molecule has 2 aliphatic heterocycles. The lowest BCUT2D eigenvalue weighted by Gasteiger charge is -2.56. The number of anilines is 6. The zero-order valence-electron chi connectivity index (χ0n) is 32.4. The third-order valence-electron chi connectivity index (χ3n) is 12.9. The Morgan fingerprint density at radius 3 is 1.18 bits per heavy atom. The molecule has 5 nitrogen and oxygen atoms in total. The first kappa shape index (κ1) is 34.0. The fourth-order valence-electron chi connectivity index (χ4n) is 10.7. The molecule has 0 fully saturated rings. The molecule has 60 heavy (non-hydrogen) atoms. The van der Waals surface area contributed by atoms with Crippen LogP contribution < -0.4 is 9.80 Å². The van der Waals surface area contributed by atoms with Gasteiger partial charge in [-0.25, -0.2) is 0 Å². The van der Waals surface area contributed by atoms with Crippen molar-refractivity contribution >= 4 is 34.1 Å². The molecule has 0 bridgehead atoms. The monoisotopic (exact) mass is 765 g/mol. The van der Waals surface area contributed by atoms with E-state index in [-0.39, 0.29) is 0 Å². The highest BCUT2D eigenvalue weighted by Crippen LogP contribution is 2.67. The van der Waals surface area contributed by atoms with Crippen molar-refractivity contribution in [3.8, 4) is 17.3 Å². The van der Waals surface area contributed by atoms with Gasteiger partial charge in [-0.05, 0) is 105 Å². The van der Waals surface area contributed by atoms with Gasteiger partial charge >= 0.3 is 0 Å². The first-order valence-corrected chi connectivity index (χ1v) is 20.3. The lowest BCUT2D eigenvalue weighted by molar-refractivity contribution is 0.607. The molecule has 5 heteroatoms. The van der Waals surface area contributed by atoms with Crippen LogP contribution in [0.1, 0.15) is 50.1 Å². The molecule has 280 valence electrons. The van der Waals surface area contributed by atoms with Crippen LogP contribution in [0.5, 0.6) is 0 Å². The second-order valence-corrected chi connectivity index (χ2v) is 15.6. The Morgan fingerprint density at radius 2 is 0.800 bits per heavy atom. The molecule has 1 aliphatic carbocycles. The number of pyridine rings is 2. The Labute approximate surface area is 348 Å². The highest BCUT2D eigenvalue weighted by molar-refractivity contribution is 5.95. The first-order valence-electron chi connectivity index (χ1n) is 20.3. The van der Waals surface area contributed by atoms with Gasteiger partial charge in [0.2, 0.25) is 0 Å². The third-order valence-corrected chi connectivity index (χ3v) is 12.9. The van der Waals surface area contributed by atoms with Crippen molar-refractivity contribution < 1.29 is 0 Å². The average Bonchev–Trinajstić information content (AvgIpc) is 3.33. The predicted molar refractivity (Wildman–Crippen MR) is 239 cm³/mol. The van der Waals surface area contributed by atoms with Crippen LogP contribution in [0.15, 0.2) is 213 Å². The van der Waals surface area contributed by atoms with Crippen molar-refractivity contribution in [2.24, 2.45) is 0 Å². The van der Waals surface area contributed by atoms with Gasteiger partial charge in [-0.1, -0.05) is 133 Å². The standard InChI is InChI=1S/C55H35N5/c56-34-37-27-32-49(58-35-37)38-28-30-39(31-29-38)59-50-23-9-5-19-45(50)54(46-20-6-10-24-51(46)59)41-15-1-3-17-43(41)55(44-18-4-2-16-42(44)54)47-21-7-11-25-52(47)60(40-14-13-33-57-36-40)53-26-12-8-22-48(53)55/h1-33,35-36H. The SMILES string of the molecule is N#Cc1ccc(-c2ccc(N3c4ccccc4C4(c5ccccc53)c3ccccc3C3(c5ccccc5N(c5cccnc5)c5ccccc53)c3ccccc34)cc2)nc1. The molecule has 7 aromatic carbocycles. The minimum Gasteiger partial charge on any atom is -0.310 e. The van der Waals surface area contributed by atoms with Crippen molar-refractivity contribution in [1.82, 2.24) is 9.97 Å². The summed E-state index contributed by atoms with van der Waals surface area (Å²) >= 11 is 0. The summed E-state index contributed by atoms with van der Waals surface area (Å²) in [7, 11) is 0. The van der Waals surface area contributed by atoms with Gasteiger partial charge in [-0.3, -0.25) is 9.97 Å². The van der Waals surface area contributed by atoms with Crippen LogP contribution in [0.2, 0.25) is 0 Å². The van der Waals surface area contributed by atoms with Gasteiger partial charge in [0.1, 0.15) is 6.07 Å². The molecule has 4 heterocycles. The minimum absolute atomic E-state index is 0.547. The summed E-state index contributed by atoms with van der Waals surface area (Å²) in [5.74, 6) is 0. The van der Waals surface area contributed by atoms with Crippen LogP contribution in [0.4, 0.5) is 34.1 Å². The van der Waals surface area contributed by atoms with E-state index in [0.29, 0.717) is 5.56 Å². The summed E-state index contributed by atoms with van der Waals surface area (Å²) in [5, 5.41) is 9.33. The quantitative estimate of drug-likeness (QED) is 0.179. The van der Waals surface area contributed by atoms with Gasteiger partial charge in [0.15, 0.2) is 0 Å². The number of aromatic nitrogens is 2. The number of fused-ring (bicyclic) bond motifs is 14. The molecule has 0 N–H and O–H groups in total. The van der Waals surface area contributed by atoms with Crippen molar-refractivity contribution in [1.29, 1.82) is 5.26 Å². The van der Waals surface area contributed by atoms with E-state index >= 15 is 0 Å². The molecule has 0 radical (unpaired) electrons. The van der Waals surface area contributed by atoms with E-state index in [0.717, 1.165) is 45.4 Å². The van der Waals surface area contributed by atoms with Gasteiger partial charge < -0.3 is 9.80 Å². The van der Waals surface area contributed by atoms with E-state index in [4.69, 9.17) is 0 Å². The Hall–Kier alpha value is -8.07. The number of hydrogen-bond donors (Lipinski definition) is 0. The zero-order valence-corrected chi connectivity index (χ0v) is 32.4. The number of benzene rings is 7. The maximum absolute atomic E-state index is 9.33. The van der Waals surface area contributed by atoms with Gasteiger partial charge in [-0.2, -0.15) is 5.26 Å². The van der Waals surface area contributed by atoms with Gasteiger partial charge in [-0.15, -0.1) is 0 Å². The molecule has 2 aromatic heterocycles. The van der Waals surface area contributed by atoms with Crippen LogP contribution in [0.3, 0.4) is 0 Å². The van der Waals surface area contributed by atoms with Crippen molar-refractivity contribution in [3.05, 3.63) is 263 Å². The summed E-state index contributed by atoms with van der Waals surface area (Å²) < 4.78 is 0. The first-order chi connectivity index (χ1) is 29.7. The second kappa shape index (κ2) is 13.0.